The highest BCUT2D eigenvalue weighted by Crippen LogP contribution is 2.03. The summed E-state index contributed by atoms with van der Waals surface area (Å²) in [6.07, 6.45) is 6.15. The highest BCUT2D eigenvalue weighted by atomic mass is 16.5. The zero-order valence-electron chi connectivity index (χ0n) is 9.07. The van der Waals surface area contributed by atoms with Gasteiger partial charge < -0.3 is 10.1 Å². The Morgan fingerprint density at radius 3 is 2.93 bits per heavy atom. The molecule has 0 aliphatic carbocycles. The topological polar surface area (TPSA) is 47.0 Å². The first-order valence-electron chi connectivity index (χ1n) is 5.12. The van der Waals surface area contributed by atoms with Crippen molar-refractivity contribution in [2.24, 2.45) is 0 Å². The molecule has 0 spiro atoms. The largest absolute Gasteiger partial charge is 0.472 e. The molecule has 0 aromatic carbocycles. The molecule has 1 N–H and O–H groups in total. The van der Waals surface area contributed by atoms with Crippen molar-refractivity contribution in [1.82, 2.24) is 15.3 Å². The minimum Gasteiger partial charge on any atom is -0.472 e. The number of aromatic nitrogens is 2. The fraction of sp³-hybridized carbons (Fsp3) is 0.455. The molecule has 0 bridgehead atoms. The van der Waals surface area contributed by atoms with Crippen LogP contribution in [-0.2, 0) is 6.54 Å². The average Bonchev–Trinajstić information content (AvgIpc) is 2.28. The van der Waals surface area contributed by atoms with Crippen molar-refractivity contribution in [3.05, 3.63) is 30.7 Å². The van der Waals surface area contributed by atoms with Crippen LogP contribution in [0.5, 0.6) is 5.88 Å². The van der Waals surface area contributed by atoms with Gasteiger partial charge in [-0.2, -0.15) is 0 Å². The van der Waals surface area contributed by atoms with Crippen LogP contribution in [0.2, 0.25) is 0 Å². The van der Waals surface area contributed by atoms with Crippen LogP contribution in [0, 0.1) is 0 Å². The first-order chi connectivity index (χ1) is 7.36. The fourth-order valence-electron chi connectivity index (χ4n) is 1.05. The second-order valence-corrected chi connectivity index (χ2v) is 3.12. The molecule has 4 heteroatoms. The number of hydrogen-bond acceptors (Lipinski definition) is 4. The zero-order chi connectivity index (χ0) is 10.9. The molecule has 0 radical (unpaired) electrons. The van der Waals surface area contributed by atoms with Gasteiger partial charge in [-0.1, -0.05) is 19.6 Å². The predicted octanol–water partition coefficient (Wildman–Crippen LogP) is 1.54. The van der Waals surface area contributed by atoms with E-state index in [1.54, 1.807) is 18.5 Å². The Morgan fingerprint density at radius 1 is 1.47 bits per heavy atom. The summed E-state index contributed by atoms with van der Waals surface area (Å²) in [5.74, 6) is 0.536. The highest BCUT2D eigenvalue weighted by molar-refractivity contribution is 5.07. The molecule has 1 aromatic heterocycles. The molecule has 0 fully saturated rings. The van der Waals surface area contributed by atoms with E-state index < -0.39 is 0 Å². The van der Waals surface area contributed by atoms with E-state index in [1.165, 1.54) is 0 Å². The normalized spacial score (nSPS) is 9.93. The molecule has 1 rings (SSSR count). The molecular weight excluding hydrogens is 190 g/mol. The fourth-order valence-corrected chi connectivity index (χ4v) is 1.05. The third kappa shape index (κ3) is 4.56. The molecule has 0 aliphatic rings. The SMILES string of the molecule is C=CCOc1cnc(CNCCC)cn1. The van der Waals surface area contributed by atoms with E-state index in [2.05, 4.69) is 28.8 Å². The molecule has 0 saturated heterocycles. The van der Waals surface area contributed by atoms with Crippen LogP contribution in [0.25, 0.3) is 0 Å². The van der Waals surface area contributed by atoms with Crippen LogP contribution in [-0.4, -0.2) is 23.1 Å². The van der Waals surface area contributed by atoms with Gasteiger partial charge in [-0.3, -0.25) is 4.98 Å². The summed E-state index contributed by atoms with van der Waals surface area (Å²) in [5.41, 5.74) is 0.925. The van der Waals surface area contributed by atoms with Crippen LogP contribution in [0.1, 0.15) is 19.0 Å². The maximum absolute atomic E-state index is 5.22. The number of hydrogen-bond donors (Lipinski definition) is 1. The van der Waals surface area contributed by atoms with Gasteiger partial charge >= 0.3 is 0 Å². The van der Waals surface area contributed by atoms with Crippen molar-refractivity contribution >= 4 is 0 Å². The second-order valence-electron chi connectivity index (χ2n) is 3.12. The third-order valence-corrected chi connectivity index (χ3v) is 1.76. The lowest BCUT2D eigenvalue weighted by Crippen LogP contribution is -2.15. The molecular formula is C11H17N3O. The van der Waals surface area contributed by atoms with Gasteiger partial charge in [0.05, 0.1) is 18.1 Å². The lowest BCUT2D eigenvalue weighted by atomic mass is 10.4. The highest BCUT2D eigenvalue weighted by Gasteiger charge is 1.96. The van der Waals surface area contributed by atoms with Gasteiger partial charge in [-0.25, -0.2) is 4.98 Å². The molecule has 1 heterocycles. The Labute approximate surface area is 90.4 Å². The van der Waals surface area contributed by atoms with Gasteiger partial charge in [0.25, 0.3) is 0 Å². The van der Waals surface area contributed by atoms with Gasteiger partial charge in [0.1, 0.15) is 6.61 Å². The van der Waals surface area contributed by atoms with E-state index in [-0.39, 0.29) is 0 Å². The summed E-state index contributed by atoms with van der Waals surface area (Å²) in [6.45, 7) is 7.90. The standard InChI is InChI=1S/C11H17N3O/c1-3-5-12-7-10-8-14-11(9-13-10)15-6-4-2/h4,8-9,12H,2-3,5-7H2,1H3. The van der Waals surface area contributed by atoms with Crippen LogP contribution >= 0.6 is 0 Å². The van der Waals surface area contributed by atoms with Crippen LogP contribution in [0.3, 0.4) is 0 Å². The minimum absolute atomic E-state index is 0.460. The Balaban J connectivity index is 2.38. The molecule has 0 amide bonds. The monoisotopic (exact) mass is 207 g/mol. The van der Waals surface area contributed by atoms with Crippen LogP contribution < -0.4 is 10.1 Å². The summed E-state index contributed by atoms with van der Waals surface area (Å²) in [4.78, 5) is 8.34. The van der Waals surface area contributed by atoms with Gasteiger partial charge in [-0.05, 0) is 13.0 Å². The zero-order valence-corrected chi connectivity index (χ0v) is 9.07. The lowest BCUT2D eigenvalue weighted by molar-refractivity contribution is 0.346. The molecule has 15 heavy (non-hydrogen) atoms. The predicted molar refractivity (Wildman–Crippen MR) is 59.7 cm³/mol. The molecule has 4 nitrogen and oxygen atoms in total. The van der Waals surface area contributed by atoms with E-state index in [9.17, 15) is 0 Å². The maximum Gasteiger partial charge on any atom is 0.232 e. The Hall–Kier alpha value is -1.42. The minimum atomic E-state index is 0.460. The number of nitrogens with zero attached hydrogens (tertiary/aromatic N) is 2. The second kappa shape index (κ2) is 6.95. The summed E-state index contributed by atoms with van der Waals surface area (Å²) >= 11 is 0. The number of rotatable bonds is 7. The maximum atomic E-state index is 5.22. The van der Waals surface area contributed by atoms with Gasteiger partial charge in [0.2, 0.25) is 5.88 Å². The third-order valence-electron chi connectivity index (χ3n) is 1.76. The Bertz CT molecular complexity index is 284. The average molecular weight is 207 g/mol. The first-order valence-corrected chi connectivity index (χ1v) is 5.12. The number of nitrogens with one attached hydrogen (secondary N) is 1. The molecule has 0 atom stereocenters. The van der Waals surface area contributed by atoms with Crippen molar-refractivity contribution in [2.45, 2.75) is 19.9 Å². The van der Waals surface area contributed by atoms with E-state index in [0.29, 0.717) is 12.5 Å². The molecule has 82 valence electrons. The quantitative estimate of drug-likeness (QED) is 0.544. The molecule has 0 saturated carbocycles. The van der Waals surface area contributed by atoms with Crippen molar-refractivity contribution in [3.63, 3.8) is 0 Å². The molecule has 0 unspecified atom stereocenters. The first kappa shape index (κ1) is 11.7. The number of ether oxygens (including phenoxy) is 1. The van der Waals surface area contributed by atoms with Gasteiger partial charge in [0, 0.05) is 6.54 Å². The summed E-state index contributed by atoms with van der Waals surface area (Å²) in [7, 11) is 0. The lowest BCUT2D eigenvalue weighted by Gasteiger charge is -2.04. The smallest absolute Gasteiger partial charge is 0.232 e. The van der Waals surface area contributed by atoms with E-state index in [0.717, 1.165) is 25.2 Å². The molecule has 0 aliphatic heterocycles. The van der Waals surface area contributed by atoms with Crippen molar-refractivity contribution in [3.8, 4) is 5.88 Å². The van der Waals surface area contributed by atoms with E-state index in [1.807, 2.05) is 0 Å². The van der Waals surface area contributed by atoms with Crippen LogP contribution in [0.4, 0.5) is 0 Å². The van der Waals surface area contributed by atoms with Gasteiger partial charge in [0.15, 0.2) is 0 Å². The summed E-state index contributed by atoms with van der Waals surface area (Å²) < 4.78 is 5.22. The molecule has 1 aromatic rings. The van der Waals surface area contributed by atoms with Gasteiger partial charge in [-0.15, -0.1) is 0 Å². The Morgan fingerprint density at radius 2 is 2.33 bits per heavy atom. The van der Waals surface area contributed by atoms with E-state index in [4.69, 9.17) is 4.74 Å². The van der Waals surface area contributed by atoms with Crippen molar-refractivity contribution in [1.29, 1.82) is 0 Å². The van der Waals surface area contributed by atoms with Crippen molar-refractivity contribution in [2.75, 3.05) is 13.2 Å². The Kier molecular flexibility index (Phi) is 5.40. The van der Waals surface area contributed by atoms with Crippen molar-refractivity contribution < 1.29 is 4.74 Å². The van der Waals surface area contributed by atoms with E-state index >= 15 is 0 Å². The summed E-state index contributed by atoms with van der Waals surface area (Å²) in [5, 5.41) is 3.25. The summed E-state index contributed by atoms with van der Waals surface area (Å²) in [6, 6.07) is 0. The van der Waals surface area contributed by atoms with Crippen LogP contribution in [0.15, 0.2) is 25.0 Å².